The predicted molar refractivity (Wildman–Crippen MR) is 64.8 cm³/mol. The van der Waals surface area contributed by atoms with Gasteiger partial charge in [0.05, 0.1) is 12.6 Å². The van der Waals surface area contributed by atoms with Gasteiger partial charge in [0.2, 0.25) is 11.8 Å². The number of hydrogen-bond acceptors (Lipinski definition) is 5. The Kier molecular flexibility index (Phi) is 3.29. The quantitative estimate of drug-likeness (QED) is 0.720. The second-order valence-corrected chi connectivity index (χ2v) is 4.34. The number of aromatic nitrogens is 1. The molecule has 1 aromatic heterocycles. The van der Waals surface area contributed by atoms with Crippen LogP contribution in [0.2, 0.25) is 0 Å². The van der Waals surface area contributed by atoms with Gasteiger partial charge in [0.1, 0.15) is 11.9 Å². The maximum absolute atomic E-state index is 11.6. The summed E-state index contributed by atoms with van der Waals surface area (Å²) >= 11 is 0. The van der Waals surface area contributed by atoms with Crippen LogP contribution in [0.15, 0.2) is 18.3 Å². The van der Waals surface area contributed by atoms with Gasteiger partial charge < -0.3 is 10.0 Å². The summed E-state index contributed by atoms with van der Waals surface area (Å²) in [4.78, 5) is 28.7. The Labute approximate surface area is 105 Å². The van der Waals surface area contributed by atoms with Gasteiger partial charge in [0.15, 0.2) is 0 Å². The van der Waals surface area contributed by atoms with E-state index in [2.05, 4.69) is 10.3 Å². The van der Waals surface area contributed by atoms with E-state index in [0.29, 0.717) is 11.4 Å². The maximum atomic E-state index is 11.6. The standard InChI is InChI=1S/C12H15N3O3/c1-7-12(18)14-11(17)6-15(7)10-5-9(8(2)16)3-4-13-10/h3-5,7-8,16H,6H2,1-2H3,(H,14,17,18). The Bertz CT molecular complexity index is 487. The van der Waals surface area contributed by atoms with Gasteiger partial charge in [0.25, 0.3) is 0 Å². The zero-order valence-electron chi connectivity index (χ0n) is 10.3. The Morgan fingerprint density at radius 1 is 1.56 bits per heavy atom. The normalized spacial score (nSPS) is 21.7. The molecule has 1 aliphatic rings. The lowest BCUT2D eigenvalue weighted by Crippen LogP contribution is -2.57. The number of nitrogens with one attached hydrogen (secondary N) is 1. The van der Waals surface area contributed by atoms with E-state index >= 15 is 0 Å². The molecule has 18 heavy (non-hydrogen) atoms. The molecule has 1 aliphatic heterocycles. The fraction of sp³-hybridized carbons (Fsp3) is 0.417. The second kappa shape index (κ2) is 4.73. The van der Waals surface area contributed by atoms with Crippen molar-refractivity contribution in [2.75, 3.05) is 11.4 Å². The molecule has 2 rings (SSSR count). The lowest BCUT2D eigenvalue weighted by Gasteiger charge is -2.32. The maximum Gasteiger partial charge on any atom is 0.249 e. The molecule has 2 N–H and O–H groups in total. The first-order chi connectivity index (χ1) is 8.49. The van der Waals surface area contributed by atoms with Gasteiger partial charge in [-0.2, -0.15) is 0 Å². The molecule has 6 nitrogen and oxygen atoms in total. The third-order valence-corrected chi connectivity index (χ3v) is 2.97. The lowest BCUT2D eigenvalue weighted by atomic mass is 10.1. The summed E-state index contributed by atoms with van der Waals surface area (Å²) in [6.45, 7) is 3.44. The summed E-state index contributed by atoms with van der Waals surface area (Å²) in [6.07, 6.45) is 0.942. The zero-order chi connectivity index (χ0) is 13.3. The summed E-state index contributed by atoms with van der Waals surface area (Å²) in [5.41, 5.74) is 0.700. The average Bonchev–Trinajstić information content (AvgIpc) is 2.34. The van der Waals surface area contributed by atoms with Crippen LogP contribution in [0.3, 0.4) is 0 Å². The van der Waals surface area contributed by atoms with Gasteiger partial charge in [-0.3, -0.25) is 14.9 Å². The molecule has 0 radical (unpaired) electrons. The minimum atomic E-state index is -0.614. The molecule has 0 spiro atoms. The molecule has 1 saturated heterocycles. The molecule has 6 heteroatoms. The Balaban J connectivity index is 2.32. The van der Waals surface area contributed by atoms with E-state index in [0.717, 1.165) is 0 Å². The van der Waals surface area contributed by atoms with Crippen LogP contribution < -0.4 is 10.2 Å². The van der Waals surface area contributed by atoms with Crippen molar-refractivity contribution in [3.63, 3.8) is 0 Å². The number of aliphatic hydroxyl groups excluding tert-OH is 1. The van der Waals surface area contributed by atoms with Crippen molar-refractivity contribution in [1.82, 2.24) is 10.3 Å². The third-order valence-electron chi connectivity index (χ3n) is 2.97. The molecule has 0 aliphatic carbocycles. The van der Waals surface area contributed by atoms with Gasteiger partial charge in [-0.1, -0.05) is 0 Å². The van der Waals surface area contributed by atoms with E-state index in [4.69, 9.17) is 0 Å². The number of hydrogen-bond donors (Lipinski definition) is 2. The highest BCUT2D eigenvalue weighted by molar-refractivity contribution is 6.04. The van der Waals surface area contributed by atoms with Crippen LogP contribution in [0.4, 0.5) is 5.82 Å². The Hall–Kier alpha value is -1.95. The molecular weight excluding hydrogens is 234 g/mol. The van der Waals surface area contributed by atoms with Crippen molar-refractivity contribution >= 4 is 17.6 Å². The Morgan fingerprint density at radius 2 is 2.28 bits per heavy atom. The van der Waals surface area contributed by atoms with Crippen LogP contribution in [0.25, 0.3) is 0 Å². The first-order valence-corrected chi connectivity index (χ1v) is 5.73. The fourth-order valence-corrected chi connectivity index (χ4v) is 1.85. The van der Waals surface area contributed by atoms with Crippen molar-refractivity contribution in [2.24, 2.45) is 0 Å². The van der Waals surface area contributed by atoms with Gasteiger partial charge in [0, 0.05) is 6.20 Å². The second-order valence-electron chi connectivity index (χ2n) is 4.34. The highest BCUT2D eigenvalue weighted by Gasteiger charge is 2.31. The molecule has 2 atom stereocenters. The van der Waals surface area contributed by atoms with E-state index in [9.17, 15) is 14.7 Å². The molecule has 2 amide bonds. The number of aliphatic hydroxyl groups is 1. The molecule has 2 heterocycles. The molecule has 0 bridgehead atoms. The van der Waals surface area contributed by atoms with Crippen molar-refractivity contribution in [2.45, 2.75) is 26.0 Å². The van der Waals surface area contributed by atoms with Crippen LogP contribution in [0, 0.1) is 0 Å². The van der Waals surface area contributed by atoms with Crippen molar-refractivity contribution in [3.8, 4) is 0 Å². The van der Waals surface area contributed by atoms with Crippen molar-refractivity contribution in [1.29, 1.82) is 0 Å². The first kappa shape index (κ1) is 12.5. The third kappa shape index (κ3) is 2.33. The smallest absolute Gasteiger partial charge is 0.249 e. The van der Waals surface area contributed by atoms with Crippen LogP contribution in [0.5, 0.6) is 0 Å². The highest BCUT2D eigenvalue weighted by atomic mass is 16.3. The van der Waals surface area contributed by atoms with Crippen LogP contribution in [0.1, 0.15) is 25.5 Å². The molecular formula is C12H15N3O3. The largest absolute Gasteiger partial charge is 0.389 e. The van der Waals surface area contributed by atoms with Crippen molar-refractivity contribution < 1.29 is 14.7 Å². The van der Waals surface area contributed by atoms with E-state index in [1.807, 2.05) is 0 Å². The molecule has 96 valence electrons. The topological polar surface area (TPSA) is 82.5 Å². The molecule has 2 unspecified atom stereocenters. The highest BCUT2D eigenvalue weighted by Crippen LogP contribution is 2.20. The molecule has 1 fully saturated rings. The summed E-state index contributed by atoms with van der Waals surface area (Å²) in [6, 6.07) is 2.93. The number of carbonyl (C=O) groups excluding carboxylic acids is 2. The molecule has 0 saturated carbocycles. The minimum Gasteiger partial charge on any atom is -0.389 e. The van der Waals surface area contributed by atoms with Crippen LogP contribution in [-0.2, 0) is 9.59 Å². The summed E-state index contributed by atoms with van der Waals surface area (Å²) in [5, 5.41) is 11.8. The van der Waals surface area contributed by atoms with Gasteiger partial charge >= 0.3 is 0 Å². The number of pyridine rings is 1. The van der Waals surface area contributed by atoms with Crippen LogP contribution >= 0.6 is 0 Å². The van der Waals surface area contributed by atoms with Crippen LogP contribution in [-0.4, -0.2) is 34.5 Å². The Morgan fingerprint density at radius 3 is 2.94 bits per heavy atom. The monoisotopic (exact) mass is 249 g/mol. The van der Waals surface area contributed by atoms with E-state index in [1.165, 1.54) is 0 Å². The first-order valence-electron chi connectivity index (χ1n) is 5.73. The van der Waals surface area contributed by atoms with Crippen molar-refractivity contribution in [3.05, 3.63) is 23.9 Å². The summed E-state index contributed by atoms with van der Waals surface area (Å²) in [5.74, 6) is -0.165. The minimum absolute atomic E-state index is 0.0865. The number of imide groups is 1. The summed E-state index contributed by atoms with van der Waals surface area (Å²) in [7, 11) is 0. The molecule has 1 aromatic rings. The SMILES string of the molecule is CC(O)c1ccnc(N2CC(=O)NC(=O)C2C)c1. The van der Waals surface area contributed by atoms with Gasteiger partial charge in [-0.05, 0) is 31.5 Å². The number of rotatable bonds is 2. The van der Waals surface area contributed by atoms with E-state index in [-0.39, 0.29) is 18.4 Å². The number of nitrogens with zero attached hydrogens (tertiary/aromatic N) is 2. The number of amides is 2. The van der Waals surface area contributed by atoms with Gasteiger partial charge in [-0.15, -0.1) is 0 Å². The zero-order valence-corrected chi connectivity index (χ0v) is 10.3. The van der Waals surface area contributed by atoms with Gasteiger partial charge in [-0.25, -0.2) is 4.98 Å². The molecule has 0 aromatic carbocycles. The number of anilines is 1. The average molecular weight is 249 g/mol. The predicted octanol–water partition coefficient (Wildman–Crippen LogP) is -0.0138. The number of carbonyl (C=O) groups is 2. The summed E-state index contributed by atoms with van der Waals surface area (Å²) < 4.78 is 0. The van der Waals surface area contributed by atoms with E-state index in [1.54, 1.807) is 37.1 Å². The fourth-order valence-electron chi connectivity index (χ4n) is 1.85. The van der Waals surface area contributed by atoms with E-state index < -0.39 is 12.1 Å². The number of piperazine rings is 1. The lowest BCUT2D eigenvalue weighted by molar-refractivity contribution is -0.132.